The predicted octanol–water partition coefficient (Wildman–Crippen LogP) is 2.68. The first-order chi connectivity index (χ1) is 7.24. The number of thioether (sulfide) groups is 1. The van der Waals surface area contributed by atoms with E-state index in [2.05, 4.69) is 0 Å². The van der Waals surface area contributed by atoms with Crippen LogP contribution in [0.1, 0.15) is 12.8 Å². The van der Waals surface area contributed by atoms with E-state index in [0.717, 1.165) is 31.0 Å². The van der Waals surface area contributed by atoms with E-state index in [0.29, 0.717) is 10.9 Å². The van der Waals surface area contributed by atoms with Gasteiger partial charge < -0.3 is 10.5 Å². The van der Waals surface area contributed by atoms with Crippen LogP contribution in [0.3, 0.4) is 0 Å². The highest BCUT2D eigenvalue weighted by Gasteiger charge is 2.15. The molecule has 1 aromatic rings. The smallest absolute Gasteiger partial charge is 0.126 e. The fourth-order valence-electron chi connectivity index (χ4n) is 1.65. The highest BCUT2D eigenvalue weighted by atomic mass is 32.2. The first-order valence-electron chi connectivity index (χ1n) is 5.04. The number of hydrogen-bond acceptors (Lipinski definition) is 3. The van der Waals surface area contributed by atoms with Crippen LogP contribution in [0.5, 0.6) is 0 Å². The first kappa shape index (κ1) is 10.8. The van der Waals surface area contributed by atoms with Crippen LogP contribution >= 0.6 is 11.8 Å². The molecule has 1 aromatic carbocycles. The van der Waals surface area contributed by atoms with E-state index in [9.17, 15) is 4.39 Å². The largest absolute Gasteiger partial charge is 0.399 e. The lowest BCUT2D eigenvalue weighted by molar-refractivity contribution is 0.101. The van der Waals surface area contributed by atoms with Gasteiger partial charge in [-0.2, -0.15) is 0 Å². The van der Waals surface area contributed by atoms with E-state index in [-0.39, 0.29) is 5.82 Å². The Bertz CT molecular complexity index is 319. The molecular weight excluding hydrogens is 213 g/mol. The molecule has 0 amide bonds. The van der Waals surface area contributed by atoms with Crippen LogP contribution in [-0.2, 0) is 4.74 Å². The zero-order chi connectivity index (χ0) is 10.7. The number of hydrogen-bond donors (Lipinski definition) is 1. The summed E-state index contributed by atoms with van der Waals surface area (Å²) in [6, 6.07) is 4.67. The lowest BCUT2D eigenvalue weighted by atomic mass is 10.2. The molecule has 1 aliphatic rings. The van der Waals surface area contributed by atoms with Crippen molar-refractivity contribution in [1.82, 2.24) is 0 Å². The molecule has 0 spiro atoms. The second kappa shape index (κ2) is 4.86. The van der Waals surface area contributed by atoms with E-state index in [1.54, 1.807) is 11.8 Å². The van der Waals surface area contributed by atoms with Crippen LogP contribution < -0.4 is 5.73 Å². The average Bonchev–Trinajstić information content (AvgIpc) is 2.17. The Labute approximate surface area is 93.0 Å². The Morgan fingerprint density at radius 2 is 2.27 bits per heavy atom. The molecule has 0 aliphatic carbocycles. The van der Waals surface area contributed by atoms with Crippen LogP contribution in [0.25, 0.3) is 0 Å². The van der Waals surface area contributed by atoms with E-state index >= 15 is 0 Å². The third kappa shape index (κ3) is 3.11. The van der Waals surface area contributed by atoms with Gasteiger partial charge in [-0.1, -0.05) is 0 Å². The Kier molecular flexibility index (Phi) is 3.49. The standard InChI is InChI=1S/C11H14FNOS/c12-8-4-9(13)6-11(5-8)15-10-2-1-3-14-7-10/h4-6,10H,1-3,7,13H2. The highest BCUT2D eigenvalue weighted by Crippen LogP contribution is 2.30. The van der Waals surface area contributed by atoms with Crippen molar-refractivity contribution in [2.24, 2.45) is 0 Å². The maximum Gasteiger partial charge on any atom is 0.126 e. The van der Waals surface area contributed by atoms with Gasteiger partial charge >= 0.3 is 0 Å². The molecular formula is C11H14FNOS. The van der Waals surface area contributed by atoms with E-state index < -0.39 is 0 Å². The van der Waals surface area contributed by atoms with Crippen molar-refractivity contribution in [3.63, 3.8) is 0 Å². The van der Waals surface area contributed by atoms with Crippen molar-refractivity contribution in [1.29, 1.82) is 0 Å². The van der Waals surface area contributed by atoms with Crippen molar-refractivity contribution in [2.75, 3.05) is 18.9 Å². The lowest BCUT2D eigenvalue weighted by Gasteiger charge is -2.21. The summed E-state index contributed by atoms with van der Waals surface area (Å²) in [7, 11) is 0. The van der Waals surface area contributed by atoms with Crippen molar-refractivity contribution in [3.8, 4) is 0 Å². The molecule has 0 saturated carbocycles. The number of nitrogen functional groups attached to an aromatic ring is 1. The Balaban J connectivity index is 2.02. The Morgan fingerprint density at radius 3 is 2.93 bits per heavy atom. The lowest BCUT2D eigenvalue weighted by Crippen LogP contribution is -2.19. The summed E-state index contributed by atoms with van der Waals surface area (Å²) in [5, 5.41) is 0.431. The van der Waals surface area contributed by atoms with Crippen LogP contribution in [0.15, 0.2) is 23.1 Å². The van der Waals surface area contributed by atoms with E-state index in [4.69, 9.17) is 10.5 Å². The number of rotatable bonds is 2. The van der Waals surface area contributed by atoms with E-state index in [1.165, 1.54) is 12.1 Å². The van der Waals surface area contributed by atoms with Gasteiger partial charge in [0.1, 0.15) is 5.82 Å². The van der Waals surface area contributed by atoms with Crippen LogP contribution in [-0.4, -0.2) is 18.5 Å². The average molecular weight is 227 g/mol. The zero-order valence-corrected chi connectivity index (χ0v) is 9.23. The molecule has 0 bridgehead atoms. The maximum atomic E-state index is 13.1. The number of anilines is 1. The Morgan fingerprint density at radius 1 is 1.40 bits per heavy atom. The predicted molar refractivity (Wildman–Crippen MR) is 60.5 cm³/mol. The summed E-state index contributed by atoms with van der Waals surface area (Å²) in [5.74, 6) is -0.269. The van der Waals surface area contributed by atoms with Crippen molar-refractivity contribution in [3.05, 3.63) is 24.0 Å². The van der Waals surface area contributed by atoms with Crippen LogP contribution in [0, 0.1) is 5.82 Å². The zero-order valence-electron chi connectivity index (χ0n) is 8.41. The van der Waals surface area contributed by atoms with Crippen molar-refractivity contribution < 1.29 is 9.13 Å². The molecule has 1 aliphatic heterocycles. The molecule has 2 nitrogen and oxygen atoms in total. The van der Waals surface area contributed by atoms with Crippen LogP contribution in [0.4, 0.5) is 10.1 Å². The van der Waals surface area contributed by atoms with Gasteiger partial charge in [-0.25, -0.2) is 4.39 Å². The van der Waals surface area contributed by atoms with Gasteiger partial charge in [0.2, 0.25) is 0 Å². The number of ether oxygens (including phenoxy) is 1. The summed E-state index contributed by atoms with van der Waals surface area (Å²) < 4.78 is 18.4. The minimum atomic E-state index is -0.269. The fourth-order valence-corrected chi connectivity index (χ4v) is 2.87. The fraction of sp³-hybridized carbons (Fsp3) is 0.455. The third-order valence-electron chi connectivity index (χ3n) is 2.31. The minimum Gasteiger partial charge on any atom is -0.399 e. The van der Waals surface area contributed by atoms with Crippen molar-refractivity contribution in [2.45, 2.75) is 23.0 Å². The maximum absolute atomic E-state index is 13.1. The van der Waals surface area contributed by atoms with Gasteiger partial charge in [-0.15, -0.1) is 11.8 Å². The monoisotopic (exact) mass is 227 g/mol. The molecule has 0 aromatic heterocycles. The number of halogens is 1. The summed E-state index contributed by atoms with van der Waals surface area (Å²) >= 11 is 1.65. The van der Waals surface area contributed by atoms with Crippen molar-refractivity contribution >= 4 is 17.4 Å². The molecule has 2 rings (SSSR count). The van der Waals surface area contributed by atoms with E-state index in [1.807, 2.05) is 6.07 Å². The second-order valence-corrected chi connectivity index (χ2v) is 5.05. The molecule has 1 unspecified atom stereocenters. The molecule has 82 valence electrons. The summed E-state index contributed by atoms with van der Waals surface area (Å²) in [5.41, 5.74) is 6.06. The molecule has 1 fully saturated rings. The molecule has 0 radical (unpaired) electrons. The SMILES string of the molecule is Nc1cc(F)cc(SC2CCCOC2)c1. The normalized spacial score (nSPS) is 21.5. The number of nitrogens with two attached hydrogens (primary N) is 1. The highest BCUT2D eigenvalue weighted by molar-refractivity contribution is 8.00. The number of benzene rings is 1. The Hall–Kier alpha value is -0.740. The first-order valence-corrected chi connectivity index (χ1v) is 5.92. The van der Waals surface area contributed by atoms with Gasteiger partial charge in [0.15, 0.2) is 0 Å². The molecule has 1 saturated heterocycles. The quantitative estimate of drug-likeness (QED) is 0.789. The molecule has 2 N–H and O–H groups in total. The van der Waals surface area contributed by atoms with Crippen LogP contribution in [0.2, 0.25) is 0 Å². The van der Waals surface area contributed by atoms with Gasteiger partial charge in [0.05, 0.1) is 6.61 Å². The molecule has 15 heavy (non-hydrogen) atoms. The summed E-state index contributed by atoms with van der Waals surface area (Å²) in [6.07, 6.45) is 2.21. The molecule has 1 atom stereocenters. The molecule has 4 heteroatoms. The van der Waals surface area contributed by atoms with Gasteiger partial charge in [-0.05, 0) is 31.0 Å². The minimum absolute atomic E-state index is 0.269. The van der Waals surface area contributed by atoms with Gasteiger partial charge in [-0.3, -0.25) is 0 Å². The third-order valence-corrected chi connectivity index (χ3v) is 3.53. The molecule has 1 heterocycles. The topological polar surface area (TPSA) is 35.2 Å². The van der Waals surface area contributed by atoms with Gasteiger partial charge in [0.25, 0.3) is 0 Å². The summed E-state index contributed by atoms with van der Waals surface area (Å²) in [4.78, 5) is 0.892. The summed E-state index contributed by atoms with van der Waals surface area (Å²) in [6.45, 7) is 1.60. The second-order valence-electron chi connectivity index (χ2n) is 3.68. The van der Waals surface area contributed by atoms with Gasteiger partial charge in [0, 0.05) is 22.4 Å².